The number of aryl methyl sites for hydroxylation is 2. The van der Waals surface area contributed by atoms with Crippen molar-refractivity contribution in [3.05, 3.63) is 23.3 Å². The zero-order chi connectivity index (χ0) is 17.1. The quantitative estimate of drug-likeness (QED) is 0.833. The van der Waals surface area contributed by atoms with Crippen molar-refractivity contribution in [3.63, 3.8) is 0 Å². The molecule has 1 aliphatic heterocycles. The molecule has 1 aliphatic rings. The summed E-state index contributed by atoms with van der Waals surface area (Å²) in [6.45, 7) is 6.81. The SMILES string of the molecule is Cc1cc(C)c2[nH]c(O)c(N=NC(=O)CCN3CCCCC3)c2c1. The van der Waals surface area contributed by atoms with Crippen LogP contribution in [0.4, 0.5) is 5.69 Å². The van der Waals surface area contributed by atoms with Crippen LogP contribution in [0.2, 0.25) is 0 Å². The highest BCUT2D eigenvalue weighted by Gasteiger charge is 2.14. The summed E-state index contributed by atoms with van der Waals surface area (Å²) in [5.74, 6) is -0.301. The molecule has 1 aromatic carbocycles. The van der Waals surface area contributed by atoms with Gasteiger partial charge >= 0.3 is 0 Å². The lowest BCUT2D eigenvalue weighted by Gasteiger charge is -2.25. The van der Waals surface area contributed by atoms with Crippen molar-refractivity contribution in [2.24, 2.45) is 10.2 Å². The van der Waals surface area contributed by atoms with Gasteiger partial charge in [0.15, 0.2) is 5.69 Å². The third kappa shape index (κ3) is 3.64. The Bertz CT molecular complexity index is 773. The smallest absolute Gasteiger partial charge is 0.266 e. The van der Waals surface area contributed by atoms with Gasteiger partial charge in [-0.25, -0.2) is 0 Å². The number of aromatic nitrogens is 1. The fraction of sp³-hybridized carbons (Fsp3) is 0.500. The summed E-state index contributed by atoms with van der Waals surface area (Å²) in [5, 5.41) is 18.7. The lowest BCUT2D eigenvalue weighted by molar-refractivity contribution is -0.118. The fourth-order valence-electron chi connectivity index (χ4n) is 3.32. The van der Waals surface area contributed by atoms with Crippen LogP contribution in [0.15, 0.2) is 22.4 Å². The average molecular weight is 328 g/mol. The van der Waals surface area contributed by atoms with Crippen LogP contribution in [-0.4, -0.2) is 40.5 Å². The number of benzene rings is 1. The number of rotatable bonds is 4. The van der Waals surface area contributed by atoms with Gasteiger partial charge in [0, 0.05) is 18.4 Å². The fourth-order valence-corrected chi connectivity index (χ4v) is 3.32. The normalized spacial score (nSPS) is 16.2. The summed E-state index contributed by atoms with van der Waals surface area (Å²) in [7, 11) is 0. The second-order valence-electron chi connectivity index (χ2n) is 6.57. The zero-order valence-electron chi connectivity index (χ0n) is 14.3. The van der Waals surface area contributed by atoms with Crippen molar-refractivity contribution in [2.75, 3.05) is 19.6 Å². The van der Waals surface area contributed by atoms with E-state index in [4.69, 9.17) is 0 Å². The average Bonchev–Trinajstić information content (AvgIpc) is 2.88. The first-order valence-corrected chi connectivity index (χ1v) is 8.53. The number of hydrogen-bond donors (Lipinski definition) is 2. The number of carbonyl (C=O) groups excluding carboxylic acids is 1. The molecule has 1 amide bonds. The van der Waals surface area contributed by atoms with Gasteiger partial charge in [0.1, 0.15) is 0 Å². The molecule has 2 aromatic rings. The number of carbonyl (C=O) groups is 1. The monoisotopic (exact) mass is 328 g/mol. The largest absolute Gasteiger partial charge is 0.493 e. The molecule has 0 saturated carbocycles. The number of piperidine rings is 1. The Morgan fingerprint density at radius 2 is 2.00 bits per heavy atom. The molecular weight excluding hydrogens is 304 g/mol. The molecular formula is C18H24N4O2. The summed E-state index contributed by atoms with van der Waals surface area (Å²) >= 11 is 0. The maximum Gasteiger partial charge on any atom is 0.266 e. The second kappa shape index (κ2) is 7.13. The molecule has 1 saturated heterocycles. The minimum absolute atomic E-state index is 0.0497. The lowest BCUT2D eigenvalue weighted by Crippen LogP contribution is -2.31. The molecule has 6 nitrogen and oxygen atoms in total. The summed E-state index contributed by atoms with van der Waals surface area (Å²) in [6, 6.07) is 3.97. The van der Waals surface area contributed by atoms with Gasteiger partial charge in [-0.15, -0.1) is 10.2 Å². The molecule has 1 aromatic heterocycles. The van der Waals surface area contributed by atoms with Crippen molar-refractivity contribution in [2.45, 2.75) is 39.5 Å². The number of fused-ring (bicyclic) bond motifs is 1. The molecule has 2 N–H and O–H groups in total. The van der Waals surface area contributed by atoms with Crippen molar-refractivity contribution >= 4 is 22.5 Å². The molecule has 0 aliphatic carbocycles. The van der Waals surface area contributed by atoms with E-state index < -0.39 is 0 Å². The van der Waals surface area contributed by atoms with E-state index in [1.807, 2.05) is 26.0 Å². The molecule has 1 fully saturated rings. The summed E-state index contributed by atoms with van der Waals surface area (Å²) in [4.78, 5) is 17.2. The van der Waals surface area contributed by atoms with Crippen LogP contribution in [-0.2, 0) is 4.79 Å². The van der Waals surface area contributed by atoms with Gasteiger partial charge in [0.2, 0.25) is 5.88 Å². The van der Waals surface area contributed by atoms with Crippen LogP contribution < -0.4 is 0 Å². The van der Waals surface area contributed by atoms with Crippen molar-refractivity contribution in [1.29, 1.82) is 0 Å². The van der Waals surface area contributed by atoms with E-state index in [2.05, 4.69) is 20.1 Å². The molecule has 0 bridgehead atoms. The number of hydrogen-bond acceptors (Lipinski definition) is 4. The second-order valence-corrected chi connectivity index (χ2v) is 6.57. The summed E-state index contributed by atoms with van der Waals surface area (Å²) < 4.78 is 0. The topological polar surface area (TPSA) is 81.0 Å². The maximum absolute atomic E-state index is 12.0. The highest BCUT2D eigenvalue weighted by Crippen LogP contribution is 2.37. The van der Waals surface area contributed by atoms with E-state index in [1.54, 1.807) is 0 Å². The van der Waals surface area contributed by atoms with Gasteiger partial charge in [-0.2, -0.15) is 0 Å². The van der Waals surface area contributed by atoms with Gasteiger partial charge in [-0.3, -0.25) is 4.79 Å². The Balaban J connectivity index is 1.70. The van der Waals surface area contributed by atoms with E-state index in [9.17, 15) is 9.90 Å². The Morgan fingerprint density at radius 3 is 2.75 bits per heavy atom. The van der Waals surface area contributed by atoms with Gasteiger partial charge in [0.05, 0.1) is 5.52 Å². The highest BCUT2D eigenvalue weighted by atomic mass is 16.3. The van der Waals surface area contributed by atoms with E-state index in [1.165, 1.54) is 19.3 Å². The predicted molar refractivity (Wildman–Crippen MR) is 93.9 cm³/mol. The van der Waals surface area contributed by atoms with Crippen LogP contribution in [0.3, 0.4) is 0 Å². The highest BCUT2D eigenvalue weighted by molar-refractivity contribution is 5.96. The first-order valence-electron chi connectivity index (χ1n) is 8.53. The molecule has 24 heavy (non-hydrogen) atoms. The molecule has 0 unspecified atom stereocenters. The standard InChI is InChI=1S/C18H24N4O2/c1-12-10-13(2)16-14(11-12)17(18(24)19-16)21-20-15(23)6-9-22-7-4-3-5-8-22/h10-11,19,24H,3-9H2,1-2H3. The number of aromatic amines is 1. The minimum atomic E-state index is -0.251. The van der Waals surface area contributed by atoms with Crippen LogP contribution in [0.5, 0.6) is 5.88 Å². The maximum atomic E-state index is 12.0. The number of nitrogens with one attached hydrogen (secondary N) is 1. The van der Waals surface area contributed by atoms with Gasteiger partial charge < -0.3 is 15.0 Å². The lowest BCUT2D eigenvalue weighted by atomic mass is 10.1. The third-order valence-electron chi connectivity index (χ3n) is 4.55. The first kappa shape index (κ1) is 16.6. The molecule has 6 heteroatoms. The van der Waals surface area contributed by atoms with Crippen LogP contribution in [0.25, 0.3) is 10.9 Å². The number of H-pyrrole nitrogens is 1. The Morgan fingerprint density at radius 1 is 1.25 bits per heavy atom. The van der Waals surface area contributed by atoms with Crippen LogP contribution >= 0.6 is 0 Å². The molecule has 128 valence electrons. The molecule has 3 rings (SSSR count). The van der Waals surface area contributed by atoms with Gasteiger partial charge in [0.25, 0.3) is 5.91 Å². The van der Waals surface area contributed by atoms with E-state index in [-0.39, 0.29) is 11.8 Å². The number of likely N-dealkylation sites (tertiary alicyclic amines) is 1. The van der Waals surface area contributed by atoms with Crippen molar-refractivity contribution < 1.29 is 9.90 Å². The zero-order valence-corrected chi connectivity index (χ0v) is 14.3. The Labute approximate surface area is 141 Å². The molecule has 2 heterocycles. The molecule has 0 spiro atoms. The van der Waals surface area contributed by atoms with Gasteiger partial charge in [-0.1, -0.05) is 18.1 Å². The van der Waals surface area contributed by atoms with E-state index >= 15 is 0 Å². The number of amides is 1. The number of aromatic hydroxyl groups is 1. The summed E-state index contributed by atoms with van der Waals surface area (Å²) in [6.07, 6.45) is 4.06. The van der Waals surface area contributed by atoms with Gasteiger partial charge in [-0.05, 0) is 51.4 Å². The van der Waals surface area contributed by atoms with Crippen LogP contribution in [0, 0.1) is 13.8 Å². The number of azo groups is 1. The Kier molecular flexibility index (Phi) is 4.94. The summed E-state index contributed by atoms with van der Waals surface area (Å²) in [5.41, 5.74) is 3.26. The minimum Gasteiger partial charge on any atom is -0.493 e. The molecule has 0 radical (unpaired) electrons. The third-order valence-corrected chi connectivity index (χ3v) is 4.55. The Hall–Kier alpha value is -2.21. The first-order chi connectivity index (χ1) is 11.5. The van der Waals surface area contributed by atoms with Crippen molar-refractivity contribution in [3.8, 4) is 5.88 Å². The van der Waals surface area contributed by atoms with Crippen molar-refractivity contribution in [1.82, 2.24) is 9.88 Å². The molecule has 0 atom stereocenters. The van der Waals surface area contributed by atoms with E-state index in [0.29, 0.717) is 12.1 Å². The van der Waals surface area contributed by atoms with Crippen LogP contribution in [0.1, 0.15) is 36.8 Å². The number of nitrogens with zero attached hydrogens (tertiary/aromatic N) is 3. The predicted octanol–water partition coefficient (Wildman–Crippen LogP) is 3.98. The van der Waals surface area contributed by atoms with E-state index in [0.717, 1.165) is 41.7 Å².